The lowest BCUT2D eigenvalue weighted by molar-refractivity contribution is 0.0936. The third kappa shape index (κ3) is 2.72. The van der Waals surface area contributed by atoms with Gasteiger partial charge in [0.25, 0.3) is 5.91 Å². The third-order valence-corrected chi connectivity index (χ3v) is 3.31. The Kier molecular flexibility index (Phi) is 4.02. The topological polar surface area (TPSA) is 72.9 Å². The van der Waals surface area contributed by atoms with Crippen molar-refractivity contribution in [2.24, 2.45) is 5.92 Å². The maximum atomic E-state index is 12.1. The molecule has 0 spiro atoms. The minimum atomic E-state index is -0.124. The van der Waals surface area contributed by atoms with Gasteiger partial charge >= 0.3 is 0 Å². The smallest absolute Gasteiger partial charge is 0.271 e. The summed E-state index contributed by atoms with van der Waals surface area (Å²) < 4.78 is 1.63. The van der Waals surface area contributed by atoms with E-state index >= 15 is 0 Å². The van der Waals surface area contributed by atoms with Gasteiger partial charge in [0.05, 0.1) is 11.9 Å². The Hall–Kier alpha value is -1.78. The molecule has 98 valence electrons. The Labute approximate surface area is 107 Å². The molecule has 1 aliphatic rings. The molecule has 3 N–H and O–H groups in total. The molecule has 0 fully saturated rings. The van der Waals surface area contributed by atoms with E-state index in [-0.39, 0.29) is 5.91 Å². The van der Waals surface area contributed by atoms with Crippen LogP contribution >= 0.6 is 0 Å². The van der Waals surface area contributed by atoms with Crippen LogP contribution in [-0.4, -0.2) is 22.2 Å². The number of amides is 1. The molecule has 1 aliphatic carbocycles. The Morgan fingerprint density at radius 3 is 3.11 bits per heavy atom. The molecule has 0 radical (unpaired) electrons. The number of nitrogens with two attached hydrogens (primary N) is 1. The van der Waals surface area contributed by atoms with Gasteiger partial charge in [-0.3, -0.25) is 9.48 Å². The second-order valence-corrected chi connectivity index (χ2v) is 4.62. The van der Waals surface area contributed by atoms with Gasteiger partial charge in [-0.1, -0.05) is 12.2 Å². The number of hydrogen-bond acceptors (Lipinski definition) is 3. The van der Waals surface area contributed by atoms with Crippen molar-refractivity contribution in [2.45, 2.75) is 32.7 Å². The quantitative estimate of drug-likeness (QED) is 0.794. The Bertz CT molecular complexity index is 450. The summed E-state index contributed by atoms with van der Waals surface area (Å²) in [6.45, 7) is 3.29. The molecule has 1 unspecified atom stereocenters. The highest BCUT2D eigenvalue weighted by atomic mass is 16.2. The number of nitrogens with one attached hydrogen (secondary N) is 1. The zero-order valence-electron chi connectivity index (χ0n) is 10.7. The molecular weight excluding hydrogens is 228 g/mol. The van der Waals surface area contributed by atoms with Crippen LogP contribution < -0.4 is 11.1 Å². The third-order valence-electron chi connectivity index (χ3n) is 3.31. The zero-order valence-corrected chi connectivity index (χ0v) is 10.7. The summed E-state index contributed by atoms with van der Waals surface area (Å²) in [4.78, 5) is 12.1. The molecule has 1 aromatic rings. The lowest BCUT2D eigenvalue weighted by Crippen LogP contribution is -2.31. The van der Waals surface area contributed by atoms with Crippen LogP contribution in [0.4, 0.5) is 5.69 Å². The fourth-order valence-corrected chi connectivity index (χ4v) is 2.25. The fraction of sp³-hybridized carbons (Fsp3) is 0.538. The van der Waals surface area contributed by atoms with Gasteiger partial charge in [-0.05, 0) is 32.1 Å². The van der Waals surface area contributed by atoms with Crippen molar-refractivity contribution in [1.29, 1.82) is 0 Å². The number of carbonyl (C=O) groups is 1. The first-order chi connectivity index (χ1) is 8.72. The molecule has 1 heterocycles. The Morgan fingerprint density at radius 1 is 1.61 bits per heavy atom. The highest BCUT2D eigenvalue weighted by Crippen LogP contribution is 2.17. The molecule has 0 bridgehead atoms. The molecule has 0 saturated carbocycles. The van der Waals surface area contributed by atoms with E-state index in [1.165, 1.54) is 6.20 Å². The molecule has 0 saturated heterocycles. The van der Waals surface area contributed by atoms with Gasteiger partial charge in [0.15, 0.2) is 0 Å². The highest BCUT2D eigenvalue weighted by Gasteiger charge is 2.17. The number of anilines is 1. The monoisotopic (exact) mass is 248 g/mol. The SMILES string of the molecule is CCn1ncc(N)c1C(=O)NCC1CC=CCC1. The van der Waals surface area contributed by atoms with Crippen molar-refractivity contribution in [3.8, 4) is 0 Å². The van der Waals surface area contributed by atoms with Gasteiger partial charge in [-0.2, -0.15) is 5.10 Å². The first-order valence-corrected chi connectivity index (χ1v) is 6.46. The van der Waals surface area contributed by atoms with Crippen molar-refractivity contribution in [2.75, 3.05) is 12.3 Å². The number of nitrogen functional groups attached to an aromatic ring is 1. The molecule has 0 aromatic carbocycles. The minimum absolute atomic E-state index is 0.124. The average Bonchev–Trinajstić information content (AvgIpc) is 2.78. The van der Waals surface area contributed by atoms with Crippen molar-refractivity contribution in [3.05, 3.63) is 24.0 Å². The summed E-state index contributed by atoms with van der Waals surface area (Å²) in [5, 5.41) is 7.03. The van der Waals surface area contributed by atoms with E-state index in [0.717, 1.165) is 19.3 Å². The normalized spacial score (nSPS) is 18.8. The summed E-state index contributed by atoms with van der Waals surface area (Å²) in [6.07, 6.45) is 9.20. The maximum Gasteiger partial charge on any atom is 0.271 e. The summed E-state index contributed by atoms with van der Waals surface area (Å²) in [5.41, 5.74) is 6.69. The van der Waals surface area contributed by atoms with Crippen LogP contribution in [0.2, 0.25) is 0 Å². The van der Waals surface area contributed by atoms with Crippen LogP contribution in [-0.2, 0) is 6.54 Å². The van der Waals surface area contributed by atoms with Crippen LogP contribution in [0.25, 0.3) is 0 Å². The van der Waals surface area contributed by atoms with Gasteiger partial charge in [0.2, 0.25) is 0 Å². The molecule has 1 amide bonds. The number of hydrogen-bond donors (Lipinski definition) is 2. The first-order valence-electron chi connectivity index (χ1n) is 6.46. The summed E-state index contributed by atoms with van der Waals surface area (Å²) in [6, 6.07) is 0. The molecular formula is C13H20N4O. The van der Waals surface area contributed by atoms with E-state index in [4.69, 9.17) is 5.73 Å². The molecule has 1 aromatic heterocycles. The predicted octanol–water partition coefficient (Wildman–Crippen LogP) is 1.57. The fourth-order valence-electron chi connectivity index (χ4n) is 2.25. The number of nitrogens with zero attached hydrogens (tertiary/aromatic N) is 2. The zero-order chi connectivity index (χ0) is 13.0. The van der Waals surface area contributed by atoms with Crippen molar-refractivity contribution in [1.82, 2.24) is 15.1 Å². The second-order valence-electron chi connectivity index (χ2n) is 4.62. The highest BCUT2D eigenvalue weighted by molar-refractivity contribution is 5.97. The van der Waals surface area contributed by atoms with Crippen LogP contribution in [0.5, 0.6) is 0 Å². The standard InChI is InChI=1S/C13H20N4O/c1-2-17-12(11(14)9-16-17)13(18)15-8-10-6-4-3-5-7-10/h3-4,9-10H,2,5-8,14H2,1H3,(H,15,18). The van der Waals surface area contributed by atoms with E-state index in [0.29, 0.717) is 30.4 Å². The largest absolute Gasteiger partial charge is 0.396 e. The molecule has 0 aliphatic heterocycles. The minimum Gasteiger partial charge on any atom is -0.396 e. The van der Waals surface area contributed by atoms with Gasteiger partial charge < -0.3 is 11.1 Å². The van der Waals surface area contributed by atoms with Crippen molar-refractivity contribution in [3.63, 3.8) is 0 Å². The summed E-state index contributed by atoms with van der Waals surface area (Å²) >= 11 is 0. The number of carbonyl (C=O) groups excluding carboxylic acids is 1. The lowest BCUT2D eigenvalue weighted by atomic mass is 9.94. The van der Waals surface area contributed by atoms with E-state index in [1.807, 2.05) is 6.92 Å². The first kappa shape index (κ1) is 12.7. The van der Waals surface area contributed by atoms with E-state index in [9.17, 15) is 4.79 Å². The van der Waals surface area contributed by atoms with Crippen LogP contribution in [0.1, 0.15) is 36.7 Å². The number of aromatic nitrogens is 2. The van der Waals surface area contributed by atoms with E-state index in [2.05, 4.69) is 22.6 Å². The van der Waals surface area contributed by atoms with Gasteiger partial charge in [-0.25, -0.2) is 0 Å². The van der Waals surface area contributed by atoms with Crippen molar-refractivity contribution >= 4 is 11.6 Å². The van der Waals surface area contributed by atoms with E-state index < -0.39 is 0 Å². The second kappa shape index (κ2) is 5.71. The average molecular weight is 248 g/mol. The van der Waals surface area contributed by atoms with Crippen LogP contribution in [0.3, 0.4) is 0 Å². The van der Waals surface area contributed by atoms with Gasteiger partial charge in [0, 0.05) is 13.1 Å². The number of rotatable bonds is 4. The van der Waals surface area contributed by atoms with Crippen molar-refractivity contribution < 1.29 is 4.79 Å². The Balaban J connectivity index is 1.94. The lowest BCUT2D eigenvalue weighted by Gasteiger charge is -2.18. The van der Waals surface area contributed by atoms with Crippen LogP contribution in [0.15, 0.2) is 18.3 Å². The number of allylic oxidation sites excluding steroid dienone is 2. The van der Waals surface area contributed by atoms with Crippen LogP contribution in [0, 0.1) is 5.92 Å². The van der Waals surface area contributed by atoms with E-state index in [1.54, 1.807) is 4.68 Å². The van der Waals surface area contributed by atoms with Gasteiger partial charge in [0.1, 0.15) is 5.69 Å². The predicted molar refractivity (Wildman–Crippen MR) is 71.1 cm³/mol. The molecule has 5 heteroatoms. The molecule has 5 nitrogen and oxygen atoms in total. The maximum absolute atomic E-state index is 12.1. The summed E-state index contributed by atoms with van der Waals surface area (Å²) in [7, 11) is 0. The summed E-state index contributed by atoms with van der Waals surface area (Å²) in [5.74, 6) is 0.416. The molecule has 18 heavy (non-hydrogen) atoms. The molecule has 2 rings (SSSR count). The Morgan fingerprint density at radius 2 is 2.44 bits per heavy atom. The molecule has 1 atom stereocenters. The number of aryl methyl sites for hydroxylation is 1. The van der Waals surface area contributed by atoms with Gasteiger partial charge in [-0.15, -0.1) is 0 Å².